The molecule has 0 aliphatic carbocycles. The lowest BCUT2D eigenvalue weighted by Crippen LogP contribution is -2.44. The molecule has 2 heterocycles. The molecule has 6 heteroatoms. The van der Waals surface area contributed by atoms with E-state index in [1.807, 2.05) is 36.4 Å². The van der Waals surface area contributed by atoms with E-state index in [-0.39, 0.29) is 17.7 Å². The van der Waals surface area contributed by atoms with Gasteiger partial charge in [-0.3, -0.25) is 14.6 Å². The van der Waals surface area contributed by atoms with Crippen molar-refractivity contribution in [3.63, 3.8) is 0 Å². The molecule has 0 bridgehead atoms. The van der Waals surface area contributed by atoms with Crippen LogP contribution in [0.1, 0.15) is 23.2 Å². The zero-order chi connectivity index (χ0) is 18.4. The molecule has 0 radical (unpaired) electrons. The molecule has 3 N–H and O–H groups in total. The number of rotatable bonds is 6. The molecule has 1 aliphatic rings. The Labute approximate surface area is 153 Å². The van der Waals surface area contributed by atoms with Crippen molar-refractivity contribution in [1.82, 2.24) is 15.2 Å². The number of nitrogens with one attached hydrogen (secondary N) is 1. The Kier molecular flexibility index (Phi) is 5.96. The van der Waals surface area contributed by atoms with Gasteiger partial charge >= 0.3 is 0 Å². The topological polar surface area (TPSA) is 88.3 Å². The highest BCUT2D eigenvalue weighted by atomic mass is 16.2. The second kappa shape index (κ2) is 8.58. The minimum Gasteiger partial charge on any atom is -0.369 e. The number of benzene rings is 1. The van der Waals surface area contributed by atoms with Crippen molar-refractivity contribution < 1.29 is 9.59 Å². The fourth-order valence-corrected chi connectivity index (χ4v) is 3.30. The molecule has 26 heavy (non-hydrogen) atoms. The highest BCUT2D eigenvalue weighted by Crippen LogP contribution is 2.19. The van der Waals surface area contributed by atoms with Crippen LogP contribution in [-0.4, -0.2) is 47.9 Å². The Morgan fingerprint density at radius 3 is 2.77 bits per heavy atom. The number of likely N-dealkylation sites (tertiary alicyclic amines) is 1. The SMILES string of the molecule is NC(=O)C1CCCN(CCNC(=O)c2cccc(-c3ccncc3)c2)C1. The van der Waals surface area contributed by atoms with Crippen molar-refractivity contribution in [1.29, 1.82) is 0 Å². The van der Waals surface area contributed by atoms with E-state index in [1.165, 1.54) is 0 Å². The maximum Gasteiger partial charge on any atom is 0.251 e. The largest absolute Gasteiger partial charge is 0.369 e. The van der Waals surface area contributed by atoms with Gasteiger partial charge in [-0.05, 0) is 54.8 Å². The van der Waals surface area contributed by atoms with Gasteiger partial charge in [0, 0.05) is 37.6 Å². The number of primary amides is 1. The van der Waals surface area contributed by atoms with E-state index in [0.717, 1.165) is 37.1 Å². The van der Waals surface area contributed by atoms with Crippen LogP contribution in [0, 0.1) is 5.92 Å². The van der Waals surface area contributed by atoms with E-state index in [1.54, 1.807) is 12.4 Å². The van der Waals surface area contributed by atoms with Gasteiger partial charge in [0.1, 0.15) is 0 Å². The van der Waals surface area contributed by atoms with E-state index < -0.39 is 0 Å². The highest BCUT2D eigenvalue weighted by Gasteiger charge is 2.23. The van der Waals surface area contributed by atoms with Crippen molar-refractivity contribution in [3.8, 4) is 11.1 Å². The summed E-state index contributed by atoms with van der Waals surface area (Å²) in [7, 11) is 0. The van der Waals surface area contributed by atoms with Gasteiger partial charge < -0.3 is 16.0 Å². The van der Waals surface area contributed by atoms with Crippen molar-refractivity contribution in [3.05, 3.63) is 54.4 Å². The number of hydrogen-bond acceptors (Lipinski definition) is 4. The van der Waals surface area contributed by atoms with Crippen molar-refractivity contribution in [2.75, 3.05) is 26.2 Å². The molecule has 2 aromatic rings. The van der Waals surface area contributed by atoms with Gasteiger partial charge in [-0.15, -0.1) is 0 Å². The standard InChI is InChI=1S/C20H24N4O2/c21-19(25)18-5-2-11-24(14-18)12-10-23-20(26)17-4-1-3-16(13-17)15-6-8-22-9-7-15/h1,3-4,6-9,13,18H,2,5,10-12,14H2,(H2,21,25)(H,23,26). The van der Waals surface area contributed by atoms with Crippen molar-refractivity contribution in [2.45, 2.75) is 12.8 Å². The Balaban J connectivity index is 1.53. The fourth-order valence-electron chi connectivity index (χ4n) is 3.30. The van der Waals surface area contributed by atoms with E-state index in [0.29, 0.717) is 18.7 Å². The molecule has 1 fully saturated rings. The summed E-state index contributed by atoms with van der Waals surface area (Å²) in [5, 5.41) is 2.96. The Hall–Kier alpha value is -2.73. The van der Waals surface area contributed by atoms with Crippen LogP contribution in [0.5, 0.6) is 0 Å². The maximum absolute atomic E-state index is 12.4. The first-order valence-electron chi connectivity index (χ1n) is 8.94. The van der Waals surface area contributed by atoms with Crippen LogP contribution in [0.4, 0.5) is 0 Å². The van der Waals surface area contributed by atoms with Gasteiger partial charge in [0.2, 0.25) is 5.91 Å². The lowest BCUT2D eigenvalue weighted by Gasteiger charge is -2.31. The van der Waals surface area contributed by atoms with E-state index >= 15 is 0 Å². The number of nitrogens with two attached hydrogens (primary N) is 1. The number of nitrogens with zero attached hydrogens (tertiary/aromatic N) is 2. The van der Waals surface area contributed by atoms with Gasteiger partial charge in [0.25, 0.3) is 5.91 Å². The predicted octanol–water partition coefficient (Wildman–Crippen LogP) is 1.68. The first kappa shape index (κ1) is 18.1. The summed E-state index contributed by atoms with van der Waals surface area (Å²) in [4.78, 5) is 30.0. The molecule has 1 aromatic carbocycles. The molecule has 2 amide bonds. The van der Waals surface area contributed by atoms with Gasteiger partial charge in [-0.25, -0.2) is 0 Å². The molecule has 1 unspecified atom stereocenters. The number of hydrogen-bond donors (Lipinski definition) is 2. The summed E-state index contributed by atoms with van der Waals surface area (Å²) in [6.45, 7) is 2.89. The first-order valence-corrected chi connectivity index (χ1v) is 8.94. The molecule has 0 saturated carbocycles. The van der Waals surface area contributed by atoms with Crippen LogP contribution in [0.3, 0.4) is 0 Å². The minimum atomic E-state index is -0.230. The van der Waals surface area contributed by atoms with Gasteiger partial charge in [0.15, 0.2) is 0 Å². The van der Waals surface area contributed by atoms with Crippen LogP contribution < -0.4 is 11.1 Å². The van der Waals surface area contributed by atoms with Gasteiger partial charge in [-0.2, -0.15) is 0 Å². The van der Waals surface area contributed by atoms with Crippen molar-refractivity contribution >= 4 is 11.8 Å². The molecule has 1 atom stereocenters. The summed E-state index contributed by atoms with van der Waals surface area (Å²) in [5.74, 6) is -0.396. The van der Waals surface area contributed by atoms with Crippen LogP contribution in [-0.2, 0) is 4.79 Å². The summed E-state index contributed by atoms with van der Waals surface area (Å²) in [6.07, 6.45) is 5.30. The quantitative estimate of drug-likeness (QED) is 0.828. The molecular weight excluding hydrogens is 328 g/mol. The summed E-state index contributed by atoms with van der Waals surface area (Å²) in [6, 6.07) is 11.4. The summed E-state index contributed by atoms with van der Waals surface area (Å²) in [5.41, 5.74) is 8.05. The Bertz CT molecular complexity index is 763. The Morgan fingerprint density at radius 2 is 2.00 bits per heavy atom. The van der Waals surface area contributed by atoms with Crippen LogP contribution >= 0.6 is 0 Å². The molecule has 1 aromatic heterocycles. The second-order valence-electron chi connectivity index (χ2n) is 6.61. The fraction of sp³-hybridized carbons (Fsp3) is 0.350. The third kappa shape index (κ3) is 4.67. The number of carbonyl (C=O) groups excluding carboxylic acids is 2. The van der Waals surface area contributed by atoms with Crippen LogP contribution in [0.25, 0.3) is 11.1 Å². The molecule has 0 spiro atoms. The normalized spacial score (nSPS) is 17.6. The zero-order valence-electron chi connectivity index (χ0n) is 14.7. The summed E-state index contributed by atoms with van der Waals surface area (Å²) >= 11 is 0. The van der Waals surface area contributed by atoms with Gasteiger partial charge in [0.05, 0.1) is 5.92 Å². The number of aromatic nitrogens is 1. The molecule has 1 aliphatic heterocycles. The second-order valence-corrected chi connectivity index (χ2v) is 6.61. The average Bonchev–Trinajstić information content (AvgIpc) is 2.69. The van der Waals surface area contributed by atoms with Crippen LogP contribution in [0.2, 0.25) is 0 Å². The van der Waals surface area contributed by atoms with E-state index in [2.05, 4.69) is 15.2 Å². The molecule has 1 saturated heterocycles. The van der Waals surface area contributed by atoms with E-state index in [4.69, 9.17) is 5.73 Å². The maximum atomic E-state index is 12.4. The lowest BCUT2D eigenvalue weighted by molar-refractivity contribution is -0.123. The lowest BCUT2D eigenvalue weighted by atomic mass is 9.97. The number of pyridine rings is 1. The monoisotopic (exact) mass is 352 g/mol. The van der Waals surface area contributed by atoms with Gasteiger partial charge in [-0.1, -0.05) is 12.1 Å². The molecule has 6 nitrogen and oxygen atoms in total. The number of carbonyl (C=O) groups is 2. The highest BCUT2D eigenvalue weighted by molar-refractivity contribution is 5.95. The Morgan fingerprint density at radius 1 is 1.19 bits per heavy atom. The first-order chi connectivity index (χ1) is 12.6. The predicted molar refractivity (Wildman–Crippen MR) is 100 cm³/mol. The smallest absolute Gasteiger partial charge is 0.251 e. The number of piperidine rings is 1. The zero-order valence-corrected chi connectivity index (χ0v) is 14.7. The molecule has 136 valence electrons. The summed E-state index contributed by atoms with van der Waals surface area (Å²) < 4.78 is 0. The average molecular weight is 352 g/mol. The number of amides is 2. The molecule has 3 rings (SSSR count). The minimum absolute atomic E-state index is 0.0727. The van der Waals surface area contributed by atoms with Crippen molar-refractivity contribution in [2.24, 2.45) is 11.7 Å². The third-order valence-electron chi connectivity index (χ3n) is 4.76. The van der Waals surface area contributed by atoms with E-state index in [9.17, 15) is 9.59 Å². The van der Waals surface area contributed by atoms with Crippen LogP contribution in [0.15, 0.2) is 48.8 Å². The molecular formula is C20H24N4O2. The third-order valence-corrected chi connectivity index (χ3v) is 4.76.